The van der Waals surface area contributed by atoms with Crippen LogP contribution in [0.25, 0.3) is 0 Å². The van der Waals surface area contributed by atoms with Crippen molar-refractivity contribution < 1.29 is 9.73 Å². The van der Waals surface area contributed by atoms with Gasteiger partial charge in [-0.15, -0.1) is 0 Å². The molecular weight excluding hydrogens is 212 g/mol. The van der Waals surface area contributed by atoms with Crippen LogP contribution in [-0.4, -0.2) is 14.1 Å². The molecule has 3 nitrogen and oxygen atoms in total. The normalized spacial score (nSPS) is 10.5. The lowest BCUT2D eigenvalue weighted by Crippen LogP contribution is -2.80. The molecule has 2 N–H and O–H groups in total. The van der Waals surface area contributed by atoms with Gasteiger partial charge in [-0.25, -0.2) is 0 Å². The van der Waals surface area contributed by atoms with Gasteiger partial charge in [0, 0.05) is 25.3 Å². The number of anilines is 1. The van der Waals surface area contributed by atoms with E-state index in [9.17, 15) is 0 Å². The Morgan fingerprint density at radius 3 is 2.41 bits per heavy atom. The van der Waals surface area contributed by atoms with Crippen LogP contribution in [0.5, 0.6) is 0 Å². The zero-order valence-corrected chi connectivity index (χ0v) is 10.4. The lowest BCUT2D eigenvalue weighted by molar-refractivity contribution is -0.687. The SMILES string of the molecule is CN(C)c1ccc(C[NH2+]Cc2ccco2)cc1. The molecule has 90 valence electrons. The molecule has 0 spiro atoms. The standard InChI is InChI=1S/C14H18N2O/c1-16(2)13-7-5-12(6-8-13)10-15-11-14-4-3-9-17-14/h3-9,15H,10-11H2,1-2H3/p+1. The maximum absolute atomic E-state index is 5.28. The highest BCUT2D eigenvalue weighted by Gasteiger charge is 2.00. The number of benzene rings is 1. The predicted molar refractivity (Wildman–Crippen MR) is 68.8 cm³/mol. The lowest BCUT2D eigenvalue weighted by atomic mass is 10.2. The van der Waals surface area contributed by atoms with Crippen LogP contribution in [0, 0.1) is 0 Å². The molecule has 1 aromatic carbocycles. The van der Waals surface area contributed by atoms with E-state index >= 15 is 0 Å². The molecule has 0 amide bonds. The minimum Gasteiger partial charge on any atom is -0.463 e. The van der Waals surface area contributed by atoms with Crippen LogP contribution in [0.1, 0.15) is 11.3 Å². The fraction of sp³-hybridized carbons (Fsp3) is 0.286. The molecule has 1 heterocycles. The quantitative estimate of drug-likeness (QED) is 0.848. The van der Waals surface area contributed by atoms with Crippen molar-refractivity contribution in [2.24, 2.45) is 0 Å². The third-order valence-electron chi connectivity index (χ3n) is 2.76. The lowest BCUT2D eigenvalue weighted by Gasteiger charge is -2.12. The van der Waals surface area contributed by atoms with Crippen LogP contribution in [0.2, 0.25) is 0 Å². The Morgan fingerprint density at radius 2 is 1.82 bits per heavy atom. The zero-order chi connectivity index (χ0) is 12.1. The van der Waals surface area contributed by atoms with Crippen molar-refractivity contribution in [2.45, 2.75) is 13.1 Å². The molecular formula is C14H19N2O+. The van der Waals surface area contributed by atoms with Gasteiger partial charge in [-0.2, -0.15) is 0 Å². The van der Waals surface area contributed by atoms with E-state index in [-0.39, 0.29) is 0 Å². The number of quaternary nitrogens is 1. The van der Waals surface area contributed by atoms with Crippen LogP contribution in [0.3, 0.4) is 0 Å². The van der Waals surface area contributed by atoms with Gasteiger partial charge >= 0.3 is 0 Å². The molecule has 0 aliphatic carbocycles. The fourth-order valence-corrected chi connectivity index (χ4v) is 1.74. The van der Waals surface area contributed by atoms with Crippen molar-refractivity contribution in [1.82, 2.24) is 0 Å². The van der Waals surface area contributed by atoms with E-state index in [1.54, 1.807) is 6.26 Å². The zero-order valence-electron chi connectivity index (χ0n) is 10.4. The molecule has 0 atom stereocenters. The van der Waals surface area contributed by atoms with E-state index in [1.807, 2.05) is 12.1 Å². The summed E-state index contributed by atoms with van der Waals surface area (Å²) in [5.41, 5.74) is 2.57. The summed E-state index contributed by atoms with van der Waals surface area (Å²) in [6, 6.07) is 12.6. The summed E-state index contributed by atoms with van der Waals surface area (Å²) < 4.78 is 5.28. The molecule has 2 rings (SSSR count). The number of hydrogen-bond donors (Lipinski definition) is 1. The summed E-state index contributed by atoms with van der Waals surface area (Å²) in [7, 11) is 4.11. The van der Waals surface area contributed by atoms with E-state index in [4.69, 9.17) is 4.42 Å². The highest BCUT2D eigenvalue weighted by molar-refractivity contribution is 5.45. The van der Waals surface area contributed by atoms with Gasteiger partial charge in [-0.1, -0.05) is 12.1 Å². The van der Waals surface area contributed by atoms with Gasteiger partial charge < -0.3 is 14.6 Å². The Balaban J connectivity index is 1.83. The Labute approximate surface area is 102 Å². The number of rotatable bonds is 5. The molecule has 0 fully saturated rings. The summed E-state index contributed by atoms with van der Waals surface area (Å²) >= 11 is 0. The first-order chi connectivity index (χ1) is 8.25. The van der Waals surface area contributed by atoms with Crippen LogP contribution in [0.15, 0.2) is 47.1 Å². The van der Waals surface area contributed by atoms with E-state index < -0.39 is 0 Å². The van der Waals surface area contributed by atoms with Crippen LogP contribution >= 0.6 is 0 Å². The molecule has 0 unspecified atom stereocenters. The summed E-state index contributed by atoms with van der Waals surface area (Å²) in [5.74, 6) is 1.02. The molecule has 0 aliphatic rings. The van der Waals surface area contributed by atoms with Crippen LogP contribution in [0.4, 0.5) is 5.69 Å². The highest BCUT2D eigenvalue weighted by Crippen LogP contribution is 2.11. The summed E-state index contributed by atoms with van der Waals surface area (Å²) in [6.45, 7) is 1.87. The van der Waals surface area contributed by atoms with Gasteiger partial charge in [0.15, 0.2) is 5.76 Å². The average molecular weight is 231 g/mol. The summed E-state index contributed by atoms with van der Waals surface area (Å²) in [4.78, 5) is 2.11. The van der Waals surface area contributed by atoms with E-state index in [1.165, 1.54) is 11.3 Å². The Hall–Kier alpha value is -1.74. The number of furan rings is 1. The van der Waals surface area contributed by atoms with Gasteiger partial charge in [-0.3, -0.25) is 0 Å². The molecule has 0 aliphatic heterocycles. The Morgan fingerprint density at radius 1 is 1.06 bits per heavy atom. The molecule has 0 bridgehead atoms. The van der Waals surface area contributed by atoms with Gasteiger partial charge in [0.2, 0.25) is 0 Å². The molecule has 2 aromatic rings. The maximum atomic E-state index is 5.28. The van der Waals surface area contributed by atoms with Crippen molar-refractivity contribution >= 4 is 5.69 Å². The second kappa shape index (κ2) is 5.55. The minimum absolute atomic E-state index is 0.891. The highest BCUT2D eigenvalue weighted by atomic mass is 16.3. The van der Waals surface area contributed by atoms with Crippen molar-refractivity contribution in [3.05, 3.63) is 54.0 Å². The van der Waals surface area contributed by atoms with Gasteiger partial charge in [0.25, 0.3) is 0 Å². The molecule has 0 saturated heterocycles. The third-order valence-corrected chi connectivity index (χ3v) is 2.76. The minimum atomic E-state index is 0.891. The maximum Gasteiger partial charge on any atom is 0.157 e. The van der Waals surface area contributed by atoms with Gasteiger partial charge in [-0.05, 0) is 24.3 Å². The summed E-state index contributed by atoms with van der Waals surface area (Å²) in [5, 5.41) is 2.24. The van der Waals surface area contributed by atoms with Gasteiger partial charge in [0.05, 0.1) is 6.26 Å². The Kier molecular flexibility index (Phi) is 3.83. The fourth-order valence-electron chi connectivity index (χ4n) is 1.74. The van der Waals surface area contributed by atoms with Gasteiger partial charge in [0.1, 0.15) is 13.1 Å². The van der Waals surface area contributed by atoms with Crippen LogP contribution in [-0.2, 0) is 13.1 Å². The monoisotopic (exact) mass is 231 g/mol. The second-order valence-corrected chi connectivity index (χ2v) is 4.34. The second-order valence-electron chi connectivity index (χ2n) is 4.34. The first kappa shape index (κ1) is 11.7. The smallest absolute Gasteiger partial charge is 0.157 e. The first-order valence-corrected chi connectivity index (χ1v) is 5.86. The number of nitrogens with two attached hydrogens (primary N) is 1. The topological polar surface area (TPSA) is 33.0 Å². The van der Waals surface area contributed by atoms with Crippen LogP contribution < -0.4 is 10.2 Å². The van der Waals surface area contributed by atoms with E-state index in [0.717, 1.165) is 18.8 Å². The average Bonchev–Trinajstić information content (AvgIpc) is 2.83. The van der Waals surface area contributed by atoms with Crippen molar-refractivity contribution in [1.29, 1.82) is 0 Å². The molecule has 1 aromatic heterocycles. The number of hydrogen-bond acceptors (Lipinski definition) is 2. The van der Waals surface area contributed by atoms with E-state index in [0.29, 0.717) is 0 Å². The van der Waals surface area contributed by atoms with Crippen molar-refractivity contribution in [3.8, 4) is 0 Å². The Bertz CT molecular complexity index is 432. The van der Waals surface area contributed by atoms with E-state index in [2.05, 4.69) is 48.6 Å². The molecule has 3 heteroatoms. The number of nitrogens with zero attached hydrogens (tertiary/aromatic N) is 1. The molecule has 0 radical (unpaired) electrons. The predicted octanol–water partition coefficient (Wildman–Crippen LogP) is 1.61. The first-order valence-electron chi connectivity index (χ1n) is 5.86. The third kappa shape index (κ3) is 3.36. The van der Waals surface area contributed by atoms with Crippen molar-refractivity contribution in [3.63, 3.8) is 0 Å². The molecule has 0 saturated carbocycles. The largest absolute Gasteiger partial charge is 0.463 e. The molecule has 17 heavy (non-hydrogen) atoms. The summed E-state index contributed by atoms with van der Waals surface area (Å²) in [6.07, 6.45) is 1.72. The van der Waals surface area contributed by atoms with Crippen molar-refractivity contribution in [2.75, 3.05) is 19.0 Å².